The van der Waals surface area contributed by atoms with Gasteiger partial charge in [-0.1, -0.05) is 0 Å². The summed E-state index contributed by atoms with van der Waals surface area (Å²) in [5.41, 5.74) is 0. The van der Waals surface area contributed by atoms with E-state index < -0.39 is 0 Å². The van der Waals surface area contributed by atoms with Crippen LogP contribution in [0.5, 0.6) is 0 Å². The molecule has 0 aromatic heterocycles. The molecule has 108 valence electrons. The van der Waals surface area contributed by atoms with Crippen LogP contribution < -0.4 is 5.32 Å². The summed E-state index contributed by atoms with van der Waals surface area (Å²) in [6.45, 7) is 5.96. The number of carbonyl (C=O) groups is 2. The zero-order valence-electron chi connectivity index (χ0n) is 11.7. The molecule has 0 radical (unpaired) electrons. The molecule has 6 nitrogen and oxygen atoms in total. The summed E-state index contributed by atoms with van der Waals surface area (Å²) in [6, 6.07) is 0.682. The van der Waals surface area contributed by atoms with Crippen LogP contribution in [-0.4, -0.2) is 85.9 Å². The van der Waals surface area contributed by atoms with Crippen LogP contribution in [0.2, 0.25) is 0 Å². The van der Waals surface area contributed by atoms with Crippen LogP contribution in [0.1, 0.15) is 12.8 Å². The summed E-state index contributed by atoms with van der Waals surface area (Å²) in [6.07, 6.45) is 3.04. The van der Waals surface area contributed by atoms with Crippen LogP contribution >= 0.6 is 0 Å². The summed E-state index contributed by atoms with van der Waals surface area (Å²) in [7, 11) is 2.17. The first-order valence-corrected chi connectivity index (χ1v) is 7.08. The van der Waals surface area contributed by atoms with Crippen molar-refractivity contribution in [1.29, 1.82) is 0 Å². The fraction of sp³-hybridized carbons (Fsp3) is 0.846. The van der Waals surface area contributed by atoms with E-state index in [4.69, 9.17) is 0 Å². The van der Waals surface area contributed by atoms with E-state index in [1.54, 1.807) is 0 Å². The number of piperidine rings is 1. The number of hydrogen-bond acceptors (Lipinski definition) is 4. The molecule has 19 heavy (non-hydrogen) atoms. The van der Waals surface area contributed by atoms with Crippen molar-refractivity contribution in [3.05, 3.63) is 0 Å². The summed E-state index contributed by atoms with van der Waals surface area (Å²) in [5, 5.41) is 2.43. The normalized spacial score (nSPS) is 23.3. The fourth-order valence-electron chi connectivity index (χ4n) is 2.94. The number of piperazine rings is 1. The van der Waals surface area contributed by atoms with Gasteiger partial charge in [0.05, 0.1) is 6.54 Å². The summed E-state index contributed by atoms with van der Waals surface area (Å²) in [5.74, 6) is 0.0233. The second-order valence-electron chi connectivity index (χ2n) is 5.45. The van der Waals surface area contributed by atoms with E-state index in [0.717, 1.165) is 26.2 Å². The average molecular weight is 268 g/mol. The van der Waals surface area contributed by atoms with E-state index in [9.17, 15) is 9.59 Å². The molecular weight excluding hydrogens is 244 g/mol. The van der Waals surface area contributed by atoms with Gasteiger partial charge in [0, 0.05) is 32.2 Å². The Bertz CT molecular complexity index is 308. The smallest absolute Gasteiger partial charge is 0.242 e. The molecule has 0 aromatic carbocycles. The van der Waals surface area contributed by atoms with Gasteiger partial charge in [0.2, 0.25) is 12.3 Å². The molecule has 0 aromatic rings. The van der Waals surface area contributed by atoms with Gasteiger partial charge in [-0.2, -0.15) is 0 Å². The van der Waals surface area contributed by atoms with Crippen molar-refractivity contribution in [3.63, 3.8) is 0 Å². The Morgan fingerprint density at radius 1 is 1.16 bits per heavy atom. The van der Waals surface area contributed by atoms with E-state index in [-0.39, 0.29) is 12.5 Å². The molecule has 0 bridgehead atoms. The molecule has 0 saturated carbocycles. The van der Waals surface area contributed by atoms with Crippen molar-refractivity contribution in [2.45, 2.75) is 18.9 Å². The largest absolute Gasteiger partial charge is 0.350 e. The van der Waals surface area contributed by atoms with Gasteiger partial charge in [-0.3, -0.25) is 14.5 Å². The Labute approximate surface area is 114 Å². The molecule has 2 amide bonds. The van der Waals surface area contributed by atoms with Crippen molar-refractivity contribution in [2.24, 2.45) is 0 Å². The third kappa shape index (κ3) is 3.91. The lowest BCUT2D eigenvalue weighted by Crippen LogP contribution is -2.55. The molecule has 2 rings (SSSR count). The molecule has 2 aliphatic rings. The maximum absolute atomic E-state index is 11.8. The first kappa shape index (κ1) is 14.3. The second-order valence-corrected chi connectivity index (χ2v) is 5.45. The van der Waals surface area contributed by atoms with E-state index in [0.29, 0.717) is 12.5 Å². The molecule has 6 heteroatoms. The number of likely N-dealkylation sites (tertiary alicyclic amines) is 1. The molecule has 0 unspecified atom stereocenters. The van der Waals surface area contributed by atoms with Gasteiger partial charge >= 0.3 is 0 Å². The van der Waals surface area contributed by atoms with Crippen LogP contribution in [0.25, 0.3) is 0 Å². The van der Waals surface area contributed by atoms with Gasteiger partial charge in [-0.05, 0) is 33.0 Å². The predicted molar refractivity (Wildman–Crippen MR) is 72.7 cm³/mol. The third-order valence-corrected chi connectivity index (χ3v) is 4.21. The summed E-state index contributed by atoms with van der Waals surface area (Å²) >= 11 is 0. The number of rotatable bonds is 4. The highest BCUT2D eigenvalue weighted by Gasteiger charge is 2.27. The zero-order chi connectivity index (χ0) is 13.7. The molecule has 0 atom stereocenters. The number of nitrogens with zero attached hydrogens (tertiary/aromatic N) is 3. The van der Waals surface area contributed by atoms with Crippen LogP contribution in [0.15, 0.2) is 0 Å². The number of nitrogens with one attached hydrogen (secondary N) is 1. The van der Waals surface area contributed by atoms with E-state index in [2.05, 4.69) is 22.2 Å². The Morgan fingerprint density at radius 2 is 1.79 bits per heavy atom. The van der Waals surface area contributed by atoms with Gasteiger partial charge < -0.3 is 15.1 Å². The van der Waals surface area contributed by atoms with Crippen molar-refractivity contribution in [3.8, 4) is 0 Å². The van der Waals surface area contributed by atoms with Crippen LogP contribution in [0.4, 0.5) is 0 Å². The van der Waals surface area contributed by atoms with Crippen molar-refractivity contribution in [1.82, 2.24) is 20.0 Å². The first-order chi connectivity index (χ1) is 9.20. The van der Waals surface area contributed by atoms with Crippen molar-refractivity contribution >= 4 is 12.3 Å². The first-order valence-electron chi connectivity index (χ1n) is 7.08. The topological polar surface area (TPSA) is 55.9 Å². The quantitative estimate of drug-likeness (QED) is 0.663. The van der Waals surface area contributed by atoms with Crippen LogP contribution in [-0.2, 0) is 9.59 Å². The Balaban J connectivity index is 1.73. The van der Waals surface area contributed by atoms with E-state index in [1.807, 2.05) is 4.90 Å². The molecule has 0 aliphatic carbocycles. The summed E-state index contributed by atoms with van der Waals surface area (Å²) < 4.78 is 0. The SMILES string of the molecule is CN1CCC(N2CCN(C(=O)CNC=O)CC2)CC1. The molecule has 2 saturated heterocycles. The maximum Gasteiger partial charge on any atom is 0.242 e. The van der Waals surface area contributed by atoms with E-state index in [1.165, 1.54) is 25.9 Å². The lowest BCUT2D eigenvalue weighted by Gasteiger charge is -2.42. The van der Waals surface area contributed by atoms with Gasteiger partial charge in [-0.25, -0.2) is 0 Å². The van der Waals surface area contributed by atoms with E-state index >= 15 is 0 Å². The minimum atomic E-state index is 0.0233. The number of hydrogen-bond donors (Lipinski definition) is 1. The molecule has 2 fully saturated rings. The molecule has 2 heterocycles. The Morgan fingerprint density at radius 3 is 2.37 bits per heavy atom. The highest BCUT2D eigenvalue weighted by atomic mass is 16.2. The maximum atomic E-state index is 11.8. The molecule has 2 aliphatic heterocycles. The number of amides is 2. The Hall–Kier alpha value is -1.14. The molecular formula is C13H24N4O2. The Kier molecular flexibility index (Phi) is 5.15. The lowest BCUT2D eigenvalue weighted by molar-refractivity contribution is -0.133. The van der Waals surface area contributed by atoms with Crippen LogP contribution in [0, 0.1) is 0 Å². The van der Waals surface area contributed by atoms with Crippen LogP contribution in [0.3, 0.4) is 0 Å². The van der Waals surface area contributed by atoms with Crippen molar-refractivity contribution in [2.75, 3.05) is 52.9 Å². The minimum absolute atomic E-state index is 0.0233. The van der Waals surface area contributed by atoms with Gasteiger partial charge in [-0.15, -0.1) is 0 Å². The molecule has 0 spiro atoms. The fourth-order valence-corrected chi connectivity index (χ4v) is 2.94. The lowest BCUT2D eigenvalue weighted by atomic mass is 10.0. The standard InChI is InChI=1S/C13H24N4O2/c1-15-4-2-12(3-5-15)16-6-8-17(9-7-16)13(19)10-14-11-18/h11-12H,2-10H2,1H3,(H,14,18). The zero-order valence-corrected chi connectivity index (χ0v) is 11.7. The number of carbonyl (C=O) groups excluding carboxylic acids is 2. The monoisotopic (exact) mass is 268 g/mol. The summed E-state index contributed by atoms with van der Waals surface area (Å²) in [4.78, 5) is 28.7. The second kappa shape index (κ2) is 6.86. The van der Waals surface area contributed by atoms with Crippen molar-refractivity contribution < 1.29 is 9.59 Å². The third-order valence-electron chi connectivity index (χ3n) is 4.21. The molecule has 1 N–H and O–H groups in total. The van der Waals surface area contributed by atoms with Gasteiger partial charge in [0.15, 0.2) is 0 Å². The average Bonchev–Trinajstić information content (AvgIpc) is 2.46. The highest BCUT2D eigenvalue weighted by molar-refractivity contribution is 5.80. The minimum Gasteiger partial charge on any atom is -0.350 e. The van der Waals surface area contributed by atoms with Gasteiger partial charge in [0.25, 0.3) is 0 Å². The predicted octanol–water partition coefficient (Wildman–Crippen LogP) is -1.03. The van der Waals surface area contributed by atoms with Gasteiger partial charge in [0.1, 0.15) is 0 Å². The highest BCUT2D eigenvalue weighted by Crippen LogP contribution is 2.17.